The molecule has 1 aromatic carbocycles. The lowest BCUT2D eigenvalue weighted by Crippen LogP contribution is -2.50. The third-order valence-corrected chi connectivity index (χ3v) is 7.33. The number of hydrogen-bond donors (Lipinski definition) is 1. The Labute approximate surface area is 195 Å². The molecule has 0 atom stereocenters. The van der Waals surface area contributed by atoms with Crippen LogP contribution in [0, 0.1) is 5.92 Å². The van der Waals surface area contributed by atoms with Crippen LogP contribution in [0.15, 0.2) is 50.7 Å². The largest absolute Gasteiger partial charge is 0.438 e. The summed E-state index contributed by atoms with van der Waals surface area (Å²) in [6, 6.07) is 9.21. The van der Waals surface area contributed by atoms with Gasteiger partial charge in [0.05, 0.1) is 5.39 Å². The summed E-state index contributed by atoms with van der Waals surface area (Å²) >= 11 is 0. The highest BCUT2D eigenvalue weighted by Crippen LogP contribution is 2.22. The number of amides is 2. The lowest BCUT2D eigenvalue weighted by molar-refractivity contribution is 0.0690. The average molecular weight is 488 g/mol. The molecule has 12 heteroatoms. The SMILES string of the molecule is CC(C)Cn1nc(C(=O)N2CCN(S(=O)(=O)c3ccc(C(N)=O)o3)CC2)c2ccccc2c1=O. The molecule has 2 aromatic heterocycles. The van der Waals surface area contributed by atoms with Gasteiger partial charge in [0, 0.05) is 38.1 Å². The molecular weight excluding hydrogens is 462 g/mol. The number of rotatable bonds is 6. The second-order valence-corrected chi connectivity index (χ2v) is 10.3. The molecule has 1 saturated heterocycles. The van der Waals surface area contributed by atoms with Gasteiger partial charge in [-0.3, -0.25) is 14.4 Å². The molecule has 1 fully saturated rings. The van der Waals surface area contributed by atoms with Crippen molar-refractivity contribution in [3.63, 3.8) is 0 Å². The first-order chi connectivity index (χ1) is 16.1. The minimum absolute atomic E-state index is 0.0320. The van der Waals surface area contributed by atoms with E-state index in [2.05, 4.69) is 5.10 Å². The number of piperazine rings is 1. The molecular formula is C22H25N5O6S. The molecule has 2 amide bonds. The number of hydrogen-bond acceptors (Lipinski definition) is 7. The van der Waals surface area contributed by atoms with Crippen LogP contribution in [0.2, 0.25) is 0 Å². The van der Waals surface area contributed by atoms with Crippen LogP contribution in [0.4, 0.5) is 0 Å². The van der Waals surface area contributed by atoms with Crippen LogP contribution in [0.25, 0.3) is 10.8 Å². The fraction of sp³-hybridized carbons (Fsp3) is 0.364. The molecule has 0 radical (unpaired) electrons. The smallest absolute Gasteiger partial charge is 0.284 e. The van der Waals surface area contributed by atoms with Gasteiger partial charge in [-0.15, -0.1) is 0 Å². The van der Waals surface area contributed by atoms with Crippen molar-refractivity contribution >= 4 is 32.6 Å². The lowest BCUT2D eigenvalue weighted by atomic mass is 10.1. The molecule has 2 N–H and O–H groups in total. The van der Waals surface area contributed by atoms with E-state index in [9.17, 15) is 22.8 Å². The molecule has 4 rings (SSSR count). The summed E-state index contributed by atoms with van der Waals surface area (Å²) in [7, 11) is -3.99. The Balaban J connectivity index is 1.57. The highest BCUT2D eigenvalue weighted by atomic mass is 32.2. The molecule has 0 bridgehead atoms. The summed E-state index contributed by atoms with van der Waals surface area (Å²) in [5, 5.41) is 4.86. The zero-order chi connectivity index (χ0) is 24.6. The quantitative estimate of drug-likeness (QED) is 0.543. The Morgan fingerprint density at radius 1 is 1.06 bits per heavy atom. The van der Waals surface area contributed by atoms with Gasteiger partial charge in [0.25, 0.3) is 27.4 Å². The molecule has 0 aliphatic carbocycles. The van der Waals surface area contributed by atoms with Crippen LogP contribution < -0.4 is 11.3 Å². The van der Waals surface area contributed by atoms with E-state index >= 15 is 0 Å². The number of carbonyl (C=O) groups excluding carboxylic acids is 2. The van der Waals surface area contributed by atoms with E-state index in [1.54, 1.807) is 24.3 Å². The highest BCUT2D eigenvalue weighted by Gasteiger charge is 2.33. The van der Waals surface area contributed by atoms with Crippen molar-refractivity contribution in [3.8, 4) is 0 Å². The molecule has 34 heavy (non-hydrogen) atoms. The third-order valence-electron chi connectivity index (χ3n) is 5.55. The number of sulfonamides is 1. The Kier molecular flexibility index (Phi) is 6.28. The van der Waals surface area contributed by atoms with Crippen LogP contribution in [-0.2, 0) is 16.6 Å². The van der Waals surface area contributed by atoms with Crippen LogP contribution in [0.1, 0.15) is 34.9 Å². The fourth-order valence-corrected chi connectivity index (χ4v) is 5.20. The van der Waals surface area contributed by atoms with E-state index in [0.717, 1.165) is 0 Å². The number of primary amides is 1. The number of fused-ring (bicyclic) bond motifs is 1. The number of nitrogens with zero attached hydrogens (tertiary/aromatic N) is 4. The van der Waals surface area contributed by atoms with Crippen molar-refractivity contribution in [3.05, 3.63) is 58.2 Å². The molecule has 0 saturated carbocycles. The average Bonchev–Trinajstić information content (AvgIpc) is 3.32. The maximum atomic E-state index is 13.4. The zero-order valence-corrected chi connectivity index (χ0v) is 19.6. The maximum absolute atomic E-state index is 13.4. The predicted octanol–water partition coefficient (Wildman–Crippen LogP) is 0.891. The maximum Gasteiger partial charge on any atom is 0.284 e. The van der Waals surface area contributed by atoms with Crippen molar-refractivity contribution in [2.45, 2.75) is 25.5 Å². The van der Waals surface area contributed by atoms with Gasteiger partial charge in [-0.2, -0.15) is 9.40 Å². The van der Waals surface area contributed by atoms with Gasteiger partial charge in [0.1, 0.15) is 0 Å². The van der Waals surface area contributed by atoms with Crippen molar-refractivity contribution in [1.29, 1.82) is 0 Å². The van der Waals surface area contributed by atoms with Crippen LogP contribution in [-0.4, -0.2) is 65.4 Å². The Morgan fingerprint density at radius 3 is 2.29 bits per heavy atom. The van der Waals surface area contributed by atoms with Gasteiger partial charge >= 0.3 is 0 Å². The molecule has 11 nitrogen and oxygen atoms in total. The minimum Gasteiger partial charge on any atom is -0.438 e. The van der Waals surface area contributed by atoms with E-state index in [1.807, 2.05) is 13.8 Å². The van der Waals surface area contributed by atoms with Gasteiger partial charge in [0.15, 0.2) is 11.5 Å². The lowest BCUT2D eigenvalue weighted by Gasteiger charge is -2.33. The second kappa shape index (κ2) is 9.03. The summed E-state index contributed by atoms with van der Waals surface area (Å²) in [5.41, 5.74) is 5.03. The number of furan rings is 1. The van der Waals surface area contributed by atoms with Gasteiger partial charge < -0.3 is 15.1 Å². The highest BCUT2D eigenvalue weighted by molar-refractivity contribution is 7.89. The molecule has 1 aliphatic heterocycles. The number of benzene rings is 1. The first-order valence-corrected chi connectivity index (χ1v) is 12.2. The summed E-state index contributed by atoms with van der Waals surface area (Å²) in [4.78, 5) is 38.9. The minimum atomic E-state index is -3.99. The van der Waals surface area contributed by atoms with E-state index in [-0.39, 0.29) is 60.1 Å². The van der Waals surface area contributed by atoms with E-state index in [0.29, 0.717) is 17.3 Å². The first kappa shape index (κ1) is 23.6. The second-order valence-electron chi connectivity index (χ2n) is 8.45. The normalized spacial score (nSPS) is 15.2. The van der Waals surface area contributed by atoms with E-state index in [1.165, 1.54) is 26.0 Å². The Bertz CT molecular complexity index is 1420. The van der Waals surface area contributed by atoms with Crippen molar-refractivity contribution in [2.24, 2.45) is 11.7 Å². The van der Waals surface area contributed by atoms with E-state index in [4.69, 9.17) is 10.2 Å². The van der Waals surface area contributed by atoms with Gasteiger partial charge in [-0.25, -0.2) is 13.1 Å². The molecule has 3 aromatic rings. The molecule has 3 heterocycles. The summed E-state index contributed by atoms with van der Waals surface area (Å²) in [6.45, 7) is 4.59. The zero-order valence-electron chi connectivity index (χ0n) is 18.8. The standard InChI is InChI=1S/C22H25N5O6S/c1-14(2)13-27-21(29)16-6-4-3-5-15(16)19(24-27)22(30)25-9-11-26(12-10-25)34(31,32)18-8-7-17(33-18)20(23)28/h3-8,14H,9-13H2,1-2H3,(H2,23,28). The predicted molar refractivity (Wildman–Crippen MR) is 123 cm³/mol. The number of aromatic nitrogens is 2. The van der Waals surface area contributed by atoms with Gasteiger partial charge in [0.2, 0.25) is 5.09 Å². The number of carbonyl (C=O) groups is 2. The Morgan fingerprint density at radius 2 is 1.71 bits per heavy atom. The number of nitrogens with two attached hydrogens (primary N) is 1. The summed E-state index contributed by atoms with van der Waals surface area (Å²) < 4.78 is 33.3. The topological polar surface area (TPSA) is 149 Å². The molecule has 0 spiro atoms. The molecule has 1 aliphatic rings. The first-order valence-electron chi connectivity index (χ1n) is 10.8. The monoisotopic (exact) mass is 487 g/mol. The Hall–Kier alpha value is -3.51. The third kappa shape index (κ3) is 4.33. The van der Waals surface area contributed by atoms with Gasteiger partial charge in [-0.1, -0.05) is 32.0 Å². The summed E-state index contributed by atoms with van der Waals surface area (Å²) in [6.07, 6.45) is 0. The van der Waals surface area contributed by atoms with Crippen molar-refractivity contribution in [1.82, 2.24) is 19.0 Å². The van der Waals surface area contributed by atoms with Crippen molar-refractivity contribution in [2.75, 3.05) is 26.2 Å². The molecule has 180 valence electrons. The van der Waals surface area contributed by atoms with Gasteiger partial charge in [-0.05, 0) is 24.1 Å². The fourth-order valence-electron chi connectivity index (χ4n) is 3.86. The van der Waals surface area contributed by atoms with Crippen LogP contribution in [0.3, 0.4) is 0 Å². The van der Waals surface area contributed by atoms with Crippen LogP contribution in [0.5, 0.6) is 0 Å². The van der Waals surface area contributed by atoms with Crippen LogP contribution >= 0.6 is 0 Å². The summed E-state index contributed by atoms with van der Waals surface area (Å²) in [5.74, 6) is -1.34. The van der Waals surface area contributed by atoms with Crippen molar-refractivity contribution < 1.29 is 22.4 Å². The van der Waals surface area contributed by atoms with E-state index < -0.39 is 15.9 Å². The molecule has 0 unspecified atom stereocenters.